The molecule has 0 aliphatic heterocycles. The van der Waals surface area contributed by atoms with Crippen LogP contribution in [-0.2, 0) is 0 Å². The number of nitrogens with one attached hydrogen (secondary N) is 1. The molecule has 2 aromatic rings. The minimum atomic E-state index is -0.163. The fourth-order valence-corrected chi connectivity index (χ4v) is 2.33. The van der Waals surface area contributed by atoms with Gasteiger partial charge in [0.15, 0.2) is 0 Å². The van der Waals surface area contributed by atoms with E-state index in [0.29, 0.717) is 5.56 Å². The number of aliphatic imine (C=N–C) groups is 1. The third-order valence-electron chi connectivity index (χ3n) is 3.81. The Labute approximate surface area is 166 Å². The number of hydrogen-bond acceptors (Lipinski definition) is 4. The molecular weight excluding hydrogens is 348 g/mol. The lowest BCUT2D eigenvalue weighted by Crippen LogP contribution is -2.22. The summed E-state index contributed by atoms with van der Waals surface area (Å²) in [6.07, 6.45) is 8.39. The first kappa shape index (κ1) is 20.6. The molecule has 2 rings (SSSR count). The van der Waals surface area contributed by atoms with E-state index >= 15 is 0 Å². The molecule has 28 heavy (non-hydrogen) atoms. The lowest BCUT2D eigenvalue weighted by atomic mass is 10.1. The zero-order chi connectivity index (χ0) is 20.4. The Morgan fingerprint density at radius 3 is 2.50 bits per heavy atom. The molecule has 0 atom stereocenters. The van der Waals surface area contributed by atoms with Crippen LogP contribution in [0.25, 0.3) is 0 Å². The molecule has 0 aromatic heterocycles. The topological polar surface area (TPSA) is 57.1 Å². The number of carbonyl (C=O) groups excluding carboxylic acids is 1. The van der Waals surface area contributed by atoms with Crippen LogP contribution in [0.1, 0.15) is 15.9 Å². The van der Waals surface area contributed by atoms with Crippen LogP contribution in [0.5, 0.6) is 0 Å². The second-order valence-corrected chi connectivity index (χ2v) is 5.98. The minimum Gasteiger partial charge on any atom is -0.356 e. The first-order valence-corrected chi connectivity index (χ1v) is 8.76. The standard InChI is InChI=1S/C23H24N4O/c1-5-6-10-19(3)26-21-14-12-20(13-15-21)24-16-17-25-27(4)23(28)22-11-8-7-9-18(22)2/h5-17,26H,1,3H2,2,4H3/b10-6-,24-16?,25-17+. The van der Waals surface area contributed by atoms with Crippen LogP contribution in [0.3, 0.4) is 0 Å². The van der Waals surface area contributed by atoms with Crippen LogP contribution in [-0.4, -0.2) is 30.4 Å². The summed E-state index contributed by atoms with van der Waals surface area (Å²) in [5.41, 5.74) is 4.00. The molecular formula is C23H24N4O. The summed E-state index contributed by atoms with van der Waals surface area (Å²) in [6.45, 7) is 9.42. The molecule has 0 aliphatic rings. The van der Waals surface area contributed by atoms with Gasteiger partial charge in [-0.1, -0.05) is 43.5 Å². The van der Waals surface area contributed by atoms with Crippen LogP contribution in [0.15, 0.2) is 95.7 Å². The van der Waals surface area contributed by atoms with Crippen molar-refractivity contribution in [3.8, 4) is 0 Å². The number of allylic oxidation sites excluding steroid dienone is 3. The molecule has 1 N–H and O–H groups in total. The highest BCUT2D eigenvalue weighted by molar-refractivity contribution is 6.17. The van der Waals surface area contributed by atoms with Gasteiger partial charge >= 0.3 is 0 Å². The summed E-state index contributed by atoms with van der Waals surface area (Å²) in [7, 11) is 1.62. The van der Waals surface area contributed by atoms with Gasteiger partial charge in [-0.25, -0.2) is 5.01 Å². The van der Waals surface area contributed by atoms with Crippen LogP contribution in [0.2, 0.25) is 0 Å². The van der Waals surface area contributed by atoms with E-state index in [1.807, 2.05) is 61.5 Å². The van der Waals surface area contributed by atoms with E-state index in [9.17, 15) is 4.79 Å². The highest BCUT2D eigenvalue weighted by Crippen LogP contribution is 2.17. The summed E-state index contributed by atoms with van der Waals surface area (Å²) in [5, 5.41) is 8.57. The van der Waals surface area contributed by atoms with Crippen molar-refractivity contribution in [2.24, 2.45) is 10.1 Å². The normalized spacial score (nSPS) is 11.2. The summed E-state index contributed by atoms with van der Waals surface area (Å²) >= 11 is 0. The number of hydrazone groups is 1. The maximum Gasteiger partial charge on any atom is 0.273 e. The zero-order valence-electron chi connectivity index (χ0n) is 16.2. The molecule has 0 aliphatic carbocycles. The number of anilines is 1. The average Bonchev–Trinajstić information content (AvgIpc) is 2.70. The van der Waals surface area contributed by atoms with Gasteiger partial charge in [-0.05, 0) is 48.9 Å². The molecule has 0 saturated carbocycles. The van der Waals surface area contributed by atoms with Crippen molar-refractivity contribution in [3.05, 3.63) is 96.7 Å². The van der Waals surface area contributed by atoms with Crippen LogP contribution < -0.4 is 5.32 Å². The van der Waals surface area contributed by atoms with Crippen molar-refractivity contribution in [2.75, 3.05) is 12.4 Å². The molecule has 0 radical (unpaired) electrons. The SMILES string of the molecule is C=C/C=C\C(=C)Nc1ccc(N=C/C=N/N(C)C(=O)c2ccccc2C)cc1. The zero-order valence-corrected chi connectivity index (χ0v) is 16.2. The smallest absolute Gasteiger partial charge is 0.273 e. The molecule has 5 nitrogen and oxygen atoms in total. The van der Waals surface area contributed by atoms with Crippen molar-refractivity contribution >= 4 is 29.7 Å². The summed E-state index contributed by atoms with van der Waals surface area (Å²) in [5.74, 6) is -0.163. The molecule has 0 saturated heterocycles. The molecule has 1 amide bonds. The number of nitrogens with zero attached hydrogens (tertiary/aromatic N) is 3. The van der Waals surface area contributed by atoms with Crippen molar-refractivity contribution < 1.29 is 4.79 Å². The number of aryl methyl sites for hydroxylation is 1. The van der Waals surface area contributed by atoms with E-state index in [4.69, 9.17) is 0 Å². The molecule has 0 bridgehead atoms. The van der Waals surface area contributed by atoms with E-state index in [1.54, 1.807) is 25.4 Å². The van der Waals surface area contributed by atoms with Gasteiger partial charge in [0.2, 0.25) is 0 Å². The van der Waals surface area contributed by atoms with Crippen LogP contribution in [0, 0.1) is 6.92 Å². The van der Waals surface area contributed by atoms with E-state index < -0.39 is 0 Å². The Bertz CT molecular complexity index is 924. The molecule has 142 valence electrons. The quantitative estimate of drug-likeness (QED) is 0.397. The lowest BCUT2D eigenvalue weighted by molar-refractivity contribution is 0.0800. The van der Waals surface area contributed by atoms with Gasteiger partial charge in [-0.2, -0.15) is 5.10 Å². The monoisotopic (exact) mass is 372 g/mol. The third kappa shape index (κ3) is 6.21. The average molecular weight is 372 g/mol. The van der Waals surface area contributed by atoms with E-state index in [-0.39, 0.29) is 5.91 Å². The molecule has 0 heterocycles. The van der Waals surface area contributed by atoms with E-state index in [1.165, 1.54) is 11.2 Å². The fourth-order valence-electron chi connectivity index (χ4n) is 2.33. The maximum atomic E-state index is 12.4. The van der Waals surface area contributed by atoms with Gasteiger partial charge in [0.05, 0.1) is 11.9 Å². The highest BCUT2D eigenvalue weighted by atomic mass is 16.2. The molecule has 5 heteroatoms. The Morgan fingerprint density at radius 1 is 1.11 bits per heavy atom. The van der Waals surface area contributed by atoms with E-state index in [2.05, 4.69) is 28.6 Å². The number of hydrogen-bond donors (Lipinski definition) is 1. The van der Waals surface area contributed by atoms with Crippen molar-refractivity contribution in [2.45, 2.75) is 6.92 Å². The predicted molar refractivity (Wildman–Crippen MR) is 118 cm³/mol. The second kappa shape index (κ2) is 10.4. The van der Waals surface area contributed by atoms with Crippen molar-refractivity contribution in [3.63, 3.8) is 0 Å². The van der Waals surface area contributed by atoms with Gasteiger partial charge in [-0.15, -0.1) is 0 Å². The highest BCUT2D eigenvalue weighted by Gasteiger charge is 2.11. The maximum absolute atomic E-state index is 12.4. The Morgan fingerprint density at radius 2 is 1.82 bits per heavy atom. The Balaban J connectivity index is 1.92. The molecule has 0 fully saturated rings. The first-order chi connectivity index (χ1) is 13.5. The van der Waals surface area contributed by atoms with Gasteiger partial charge in [-0.3, -0.25) is 9.79 Å². The van der Waals surface area contributed by atoms with Gasteiger partial charge < -0.3 is 5.32 Å². The predicted octanol–water partition coefficient (Wildman–Crippen LogP) is 5.12. The van der Waals surface area contributed by atoms with Gasteiger partial charge in [0, 0.05) is 30.2 Å². The van der Waals surface area contributed by atoms with Gasteiger partial charge in [0.25, 0.3) is 5.91 Å². The number of benzene rings is 2. The summed E-state index contributed by atoms with van der Waals surface area (Å²) in [6, 6.07) is 15.0. The number of carbonyl (C=O) groups is 1. The van der Waals surface area contributed by atoms with Crippen LogP contribution in [0.4, 0.5) is 11.4 Å². The van der Waals surface area contributed by atoms with Crippen molar-refractivity contribution in [1.82, 2.24) is 5.01 Å². The van der Waals surface area contributed by atoms with Gasteiger partial charge in [0.1, 0.15) is 0 Å². The lowest BCUT2D eigenvalue weighted by Gasteiger charge is -2.11. The first-order valence-electron chi connectivity index (χ1n) is 8.76. The van der Waals surface area contributed by atoms with Crippen molar-refractivity contribution in [1.29, 1.82) is 0 Å². The van der Waals surface area contributed by atoms with E-state index in [0.717, 1.165) is 22.6 Å². The summed E-state index contributed by atoms with van der Waals surface area (Å²) in [4.78, 5) is 16.7. The molecule has 0 unspecified atom stereocenters. The van der Waals surface area contributed by atoms with Crippen LogP contribution >= 0.6 is 0 Å². The third-order valence-corrected chi connectivity index (χ3v) is 3.81. The second-order valence-electron chi connectivity index (χ2n) is 5.98. The molecule has 0 spiro atoms. The summed E-state index contributed by atoms with van der Waals surface area (Å²) < 4.78 is 0. The minimum absolute atomic E-state index is 0.163. The Hall–Kier alpha value is -3.73. The fraction of sp³-hybridized carbons (Fsp3) is 0.0870. The molecule has 2 aromatic carbocycles. The number of amides is 1. The largest absolute Gasteiger partial charge is 0.356 e. The Kier molecular flexibility index (Phi) is 7.66. The number of rotatable bonds is 8.